The number of rotatable bonds is 4. The smallest absolute Gasteiger partial charge is 0.335 e. The van der Waals surface area contributed by atoms with Crippen molar-refractivity contribution < 1.29 is 9.53 Å². The summed E-state index contributed by atoms with van der Waals surface area (Å²) in [5.41, 5.74) is 1.99. The van der Waals surface area contributed by atoms with Crippen molar-refractivity contribution in [2.45, 2.75) is 45.2 Å². The summed E-state index contributed by atoms with van der Waals surface area (Å²) < 4.78 is 5.17. The van der Waals surface area contributed by atoms with E-state index in [-0.39, 0.29) is 17.6 Å². The molecule has 0 fully saturated rings. The van der Waals surface area contributed by atoms with Gasteiger partial charge >= 0.3 is 5.97 Å². The first-order valence-corrected chi connectivity index (χ1v) is 7.20. The highest BCUT2D eigenvalue weighted by Gasteiger charge is 2.32. The zero-order chi connectivity index (χ0) is 14.6. The van der Waals surface area contributed by atoms with E-state index in [1.165, 1.54) is 5.56 Å². The molecule has 0 amide bonds. The molecule has 1 aliphatic rings. The fourth-order valence-corrected chi connectivity index (χ4v) is 2.57. The molecule has 1 heterocycles. The number of hydrogen-bond acceptors (Lipinski definition) is 3. The molecule has 20 heavy (non-hydrogen) atoms. The van der Waals surface area contributed by atoms with Crippen LogP contribution in [0.1, 0.15) is 32.8 Å². The highest BCUT2D eigenvalue weighted by atomic mass is 16.5. The number of esters is 1. The molecule has 2 rings (SSSR count). The highest BCUT2D eigenvalue weighted by molar-refractivity contribution is 5.90. The van der Waals surface area contributed by atoms with Crippen LogP contribution < -0.4 is 5.32 Å². The van der Waals surface area contributed by atoms with Crippen molar-refractivity contribution in [2.24, 2.45) is 0 Å². The van der Waals surface area contributed by atoms with Gasteiger partial charge in [-0.05, 0) is 39.2 Å². The summed E-state index contributed by atoms with van der Waals surface area (Å²) in [7, 11) is 0. The third kappa shape index (κ3) is 3.70. The first-order valence-electron chi connectivity index (χ1n) is 7.20. The SMILES string of the molecule is CCOC(=O)C1=CCC(C)(C)NC1Cc1ccccc1. The van der Waals surface area contributed by atoms with Gasteiger partial charge in [-0.25, -0.2) is 4.79 Å². The van der Waals surface area contributed by atoms with E-state index in [0.717, 1.165) is 18.4 Å². The Morgan fingerprint density at radius 3 is 2.70 bits per heavy atom. The monoisotopic (exact) mass is 273 g/mol. The van der Waals surface area contributed by atoms with Crippen LogP contribution in [0.5, 0.6) is 0 Å². The molecular weight excluding hydrogens is 250 g/mol. The maximum Gasteiger partial charge on any atom is 0.335 e. The minimum Gasteiger partial charge on any atom is -0.463 e. The third-order valence-electron chi connectivity index (χ3n) is 3.57. The second kappa shape index (κ2) is 6.23. The summed E-state index contributed by atoms with van der Waals surface area (Å²) in [6.45, 7) is 6.56. The minimum atomic E-state index is -0.198. The van der Waals surface area contributed by atoms with Gasteiger partial charge in [-0.15, -0.1) is 0 Å². The van der Waals surface area contributed by atoms with Crippen molar-refractivity contribution in [1.29, 1.82) is 0 Å². The first kappa shape index (κ1) is 14.8. The number of carbonyl (C=O) groups is 1. The average Bonchev–Trinajstić information content (AvgIpc) is 2.39. The standard InChI is InChI=1S/C17H23NO2/c1-4-20-16(19)14-10-11-17(2,3)18-15(14)12-13-8-6-5-7-9-13/h5-10,15,18H,4,11-12H2,1-3H3. The van der Waals surface area contributed by atoms with Crippen LogP contribution in [-0.4, -0.2) is 24.2 Å². The summed E-state index contributed by atoms with van der Waals surface area (Å²) in [5.74, 6) is -0.198. The molecule has 0 saturated carbocycles. The van der Waals surface area contributed by atoms with Gasteiger partial charge in [-0.3, -0.25) is 0 Å². The van der Waals surface area contributed by atoms with Crippen LogP contribution in [0.3, 0.4) is 0 Å². The van der Waals surface area contributed by atoms with Gasteiger partial charge in [0.25, 0.3) is 0 Å². The Morgan fingerprint density at radius 2 is 2.05 bits per heavy atom. The highest BCUT2D eigenvalue weighted by Crippen LogP contribution is 2.24. The molecule has 0 aromatic heterocycles. The van der Waals surface area contributed by atoms with Crippen LogP contribution in [0.4, 0.5) is 0 Å². The van der Waals surface area contributed by atoms with E-state index in [0.29, 0.717) is 6.61 Å². The van der Waals surface area contributed by atoms with Crippen molar-refractivity contribution >= 4 is 5.97 Å². The molecule has 0 radical (unpaired) electrons. The van der Waals surface area contributed by atoms with Crippen LogP contribution in [0.2, 0.25) is 0 Å². The van der Waals surface area contributed by atoms with Gasteiger partial charge in [0.1, 0.15) is 0 Å². The molecule has 1 atom stereocenters. The lowest BCUT2D eigenvalue weighted by molar-refractivity contribution is -0.139. The Hall–Kier alpha value is -1.61. The molecule has 1 aromatic rings. The molecular formula is C17H23NO2. The van der Waals surface area contributed by atoms with Crippen LogP contribution in [-0.2, 0) is 16.0 Å². The lowest BCUT2D eigenvalue weighted by Gasteiger charge is -2.36. The van der Waals surface area contributed by atoms with Crippen molar-refractivity contribution in [3.63, 3.8) is 0 Å². The van der Waals surface area contributed by atoms with Gasteiger partial charge in [0.2, 0.25) is 0 Å². The van der Waals surface area contributed by atoms with Gasteiger partial charge in [0.05, 0.1) is 12.2 Å². The Morgan fingerprint density at radius 1 is 1.35 bits per heavy atom. The van der Waals surface area contributed by atoms with E-state index in [4.69, 9.17) is 4.74 Å². The molecule has 1 aliphatic heterocycles. The molecule has 1 aromatic carbocycles. The van der Waals surface area contributed by atoms with Gasteiger partial charge in [0.15, 0.2) is 0 Å². The van der Waals surface area contributed by atoms with E-state index in [1.807, 2.05) is 31.2 Å². The number of ether oxygens (including phenoxy) is 1. The van der Waals surface area contributed by atoms with Crippen LogP contribution in [0, 0.1) is 0 Å². The Kier molecular flexibility index (Phi) is 4.61. The van der Waals surface area contributed by atoms with Gasteiger partial charge in [-0.2, -0.15) is 0 Å². The number of nitrogens with one attached hydrogen (secondary N) is 1. The van der Waals surface area contributed by atoms with Crippen molar-refractivity contribution in [3.05, 3.63) is 47.5 Å². The predicted octanol–water partition coefficient (Wildman–Crippen LogP) is 2.86. The molecule has 1 unspecified atom stereocenters. The second-order valence-electron chi connectivity index (χ2n) is 5.85. The summed E-state index contributed by atoms with van der Waals surface area (Å²) in [4.78, 5) is 12.1. The lowest BCUT2D eigenvalue weighted by Crippen LogP contribution is -2.51. The summed E-state index contributed by atoms with van der Waals surface area (Å²) in [5, 5.41) is 3.56. The maximum absolute atomic E-state index is 12.1. The molecule has 1 N–H and O–H groups in total. The normalized spacial score (nSPS) is 21.1. The second-order valence-corrected chi connectivity index (χ2v) is 5.85. The zero-order valence-electron chi connectivity index (χ0n) is 12.5. The van der Waals surface area contributed by atoms with Crippen LogP contribution in [0.15, 0.2) is 42.0 Å². The third-order valence-corrected chi connectivity index (χ3v) is 3.57. The minimum absolute atomic E-state index is 0.00937. The zero-order valence-corrected chi connectivity index (χ0v) is 12.5. The Bertz CT molecular complexity index is 491. The molecule has 3 nitrogen and oxygen atoms in total. The molecule has 0 bridgehead atoms. The molecule has 3 heteroatoms. The molecule has 0 saturated heterocycles. The summed E-state index contributed by atoms with van der Waals surface area (Å²) >= 11 is 0. The molecule has 108 valence electrons. The fourth-order valence-electron chi connectivity index (χ4n) is 2.57. The van der Waals surface area contributed by atoms with Crippen molar-refractivity contribution in [1.82, 2.24) is 5.32 Å². The quantitative estimate of drug-likeness (QED) is 0.857. The number of carbonyl (C=O) groups excluding carboxylic acids is 1. The van der Waals surface area contributed by atoms with E-state index < -0.39 is 0 Å². The Balaban J connectivity index is 2.19. The predicted molar refractivity (Wildman–Crippen MR) is 80.5 cm³/mol. The molecule has 0 aliphatic carbocycles. The summed E-state index contributed by atoms with van der Waals surface area (Å²) in [6, 6.07) is 10.2. The average molecular weight is 273 g/mol. The van der Waals surface area contributed by atoms with Gasteiger partial charge < -0.3 is 10.1 Å². The van der Waals surface area contributed by atoms with E-state index in [2.05, 4.69) is 31.3 Å². The largest absolute Gasteiger partial charge is 0.463 e. The Labute approximate surface area is 121 Å². The van der Waals surface area contributed by atoms with Crippen molar-refractivity contribution in [3.8, 4) is 0 Å². The van der Waals surface area contributed by atoms with E-state index in [1.54, 1.807) is 0 Å². The topological polar surface area (TPSA) is 38.3 Å². The van der Waals surface area contributed by atoms with Crippen LogP contribution >= 0.6 is 0 Å². The number of benzene rings is 1. The van der Waals surface area contributed by atoms with E-state index >= 15 is 0 Å². The first-order chi connectivity index (χ1) is 9.52. The van der Waals surface area contributed by atoms with Crippen molar-refractivity contribution in [2.75, 3.05) is 6.61 Å². The maximum atomic E-state index is 12.1. The molecule has 0 spiro atoms. The fraction of sp³-hybridized carbons (Fsp3) is 0.471. The van der Waals surface area contributed by atoms with Gasteiger partial charge in [-0.1, -0.05) is 36.4 Å². The van der Waals surface area contributed by atoms with Crippen LogP contribution in [0.25, 0.3) is 0 Å². The lowest BCUT2D eigenvalue weighted by atomic mass is 9.87. The summed E-state index contributed by atoms with van der Waals surface area (Å²) in [6.07, 6.45) is 3.67. The number of hydrogen-bond donors (Lipinski definition) is 1. The van der Waals surface area contributed by atoms with Gasteiger partial charge in [0, 0.05) is 11.6 Å². The van der Waals surface area contributed by atoms with E-state index in [9.17, 15) is 4.79 Å².